The first-order valence-corrected chi connectivity index (χ1v) is 7.86. The van der Waals surface area contributed by atoms with Crippen LogP contribution in [0.1, 0.15) is 37.9 Å². The molecule has 1 aromatic heterocycles. The van der Waals surface area contributed by atoms with E-state index in [9.17, 15) is 4.79 Å². The lowest BCUT2D eigenvalue weighted by molar-refractivity contribution is 0.0994. The standard InChI is InChI=1S/C16H23N3O3/c1-10(11-3-4-11)18-16(20)19-13-7-8-22-15(13)12-5-6-14(21-2)17-9-12/h5-6,9-11,13,15H,3-4,7-8H2,1-2H3,(H2,18,19,20)/t10-,13+,15-/m1/s1. The van der Waals surface area contributed by atoms with E-state index in [1.54, 1.807) is 13.3 Å². The first kappa shape index (κ1) is 15.1. The fourth-order valence-corrected chi connectivity index (χ4v) is 2.88. The highest BCUT2D eigenvalue weighted by atomic mass is 16.5. The summed E-state index contributed by atoms with van der Waals surface area (Å²) in [4.78, 5) is 16.3. The third-order valence-electron chi connectivity index (χ3n) is 4.39. The molecule has 2 amide bonds. The molecule has 3 rings (SSSR count). The normalized spacial score (nSPS) is 25.5. The number of hydrogen-bond donors (Lipinski definition) is 2. The number of carbonyl (C=O) groups is 1. The molecule has 1 saturated carbocycles. The van der Waals surface area contributed by atoms with E-state index in [0.717, 1.165) is 12.0 Å². The smallest absolute Gasteiger partial charge is 0.315 e. The minimum Gasteiger partial charge on any atom is -0.481 e. The van der Waals surface area contributed by atoms with Gasteiger partial charge in [0.05, 0.1) is 13.2 Å². The summed E-state index contributed by atoms with van der Waals surface area (Å²) in [5.41, 5.74) is 0.957. The number of rotatable bonds is 5. The number of urea groups is 1. The van der Waals surface area contributed by atoms with Crippen LogP contribution in [-0.2, 0) is 4.74 Å². The van der Waals surface area contributed by atoms with Crippen LogP contribution in [0.25, 0.3) is 0 Å². The Bertz CT molecular complexity index is 516. The van der Waals surface area contributed by atoms with Gasteiger partial charge in [0.1, 0.15) is 6.10 Å². The number of amides is 2. The first-order valence-electron chi connectivity index (χ1n) is 7.86. The van der Waals surface area contributed by atoms with Crippen LogP contribution in [0.5, 0.6) is 5.88 Å². The number of nitrogens with one attached hydrogen (secondary N) is 2. The molecule has 6 nitrogen and oxygen atoms in total. The summed E-state index contributed by atoms with van der Waals surface area (Å²) in [7, 11) is 1.59. The Labute approximate surface area is 130 Å². The fraction of sp³-hybridized carbons (Fsp3) is 0.625. The second-order valence-electron chi connectivity index (χ2n) is 6.06. The molecule has 2 heterocycles. The maximum absolute atomic E-state index is 12.1. The van der Waals surface area contributed by atoms with E-state index in [1.165, 1.54) is 12.8 Å². The Morgan fingerprint density at radius 3 is 2.86 bits per heavy atom. The molecule has 2 N–H and O–H groups in total. The first-order chi connectivity index (χ1) is 10.7. The molecular formula is C16H23N3O3. The molecule has 6 heteroatoms. The number of ether oxygens (including phenoxy) is 2. The number of hydrogen-bond acceptors (Lipinski definition) is 4. The molecule has 120 valence electrons. The molecule has 0 unspecified atom stereocenters. The summed E-state index contributed by atoms with van der Waals surface area (Å²) in [6.45, 7) is 2.70. The Balaban J connectivity index is 1.58. The average Bonchev–Trinajstić information content (AvgIpc) is 3.28. The van der Waals surface area contributed by atoms with Gasteiger partial charge in [-0.25, -0.2) is 9.78 Å². The van der Waals surface area contributed by atoms with Gasteiger partial charge in [0.2, 0.25) is 5.88 Å². The van der Waals surface area contributed by atoms with Gasteiger partial charge in [-0.3, -0.25) is 0 Å². The van der Waals surface area contributed by atoms with Crippen molar-refractivity contribution in [3.63, 3.8) is 0 Å². The average molecular weight is 305 g/mol. The molecule has 2 aliphatic rings. The van der Waals surface area contributed by atoms with Crippen molar-refractivity contribution in [3.8, 4) is 5.88 Å². The van der Waals surface area contributed by atoms with Crippen molar-refractivity contribution in [3.05, 3.63) is 23.9 Å². The highest BCUT2D eigenvalue weighted by Gasteiger charge is 2.33. The zero-order valence-corrected chi connectivity index (χ0v) is 13.0. The van der Waals surface area contributed by atoms with Gasteiger partial charge in [-0.2, -0.15) is 0 Å². The highest BCUT2D eigenvalue weighted by Crippen LogP contribution is 2.32. The number of nitrogens with zero attached hydrogens (tertiary/aromatic N) is 1. The topological polar surface area (TPSA) is 72.5 Å². The summed E-state index contributed by atoms with van der Waals surface area (Å²) in [5.74, 6) is 1.22. The number of aromatic nitrogens is 1. The molecule has 3 atom stereocenters. The second kappa shape index (κ2) is 6.52. The van der Waals surface area contributed by atoms with Crippen molar-refractivity contribution in [2.24, 2.45) is 5.92 Å². The van der Waals surface area contributed by atoms with Gasteiger partial charge in [0.15, 0.2) is 0 Å². The predicted octanol–water partition coefficient (Wildman–Crippen LogP) is 2.02. The van der Waals surface area contributed by atoms with E-state index in [0.29, 0.717) is 18.4 Å². The molecule has 1 aliphatic heterocycles. The van der Waals surface area contributed by atoms with Gasteiger partial charge < -0.3 is 20.1 Å². The second-order valence-corrected chi connectivity index (χ2v) is 6.06. The Hall–Kier alpha value is -1.82. The van der Waals surface area contributed by atoms with E-state index in [4.69, 9.17) is 9.47 Å². The zero-order valence-electron chi connectivity index (χ0n) is 13.0. The van der Waals surface area contributed by atoms with Gasteiger partial charge >= 0.3 is 6.03 Å². The quantitative estimate of drug-likeness (QED) is 0.873. The highest BCUT2D eigenvalue weighted by molar-refractivity contribution is 5.74. The van der Waals surface area contributed by atoms with Crippen molar-refractivity contribution in [1.82, 2.24) is 15.6 Å². The van der Waals surface area contributed by atoms with E-state index in [1.807, 2.05) is 12.1 Å². The van der Waals surface area contributed by atoms with Gasteiger partial charge in [-0.15, -0.1) is 0 Å². The molecule has 2 fully saturated rings. The summed E-state index contributed by atoms with van der Waals surface area (Å²) in [5, 5.41) is 6.05. The fourth-order valence-electron chi connectivity index (χ4n) is 2.88. The number of pyridine rings is 1. The van der Waals surface area contributed by atoms with Gasteiger partial charge in [-0.05, 0) is 38.2 Å². The van der Waals surface area contributed by atoms with Crippen molar-refractivity contribution in [2.75, 3.05) is 13.7 Å². The van der Waals surface area contributed by atoms with Crippen LogP contribution in [0.3, 0.4) is 0 Å². The monoisotopic (exact) mass is 305 g/mol. The van der Waals surface area contributed by atoms with Gasteiger partial charge in [0.25, 0.3) is 0 Å². The number of carbonyl (C=O) groups excluding carboxylic acids is 1. The third-order valence-corrected chi connectivity index (χ3v) is 4.39. The Morgan fingerprint density at radius 1 is 1.41 bits per heavy atom. The molecule has 1 saturated heterocycles. The van der Waals surface area contributed by atoms with Crippen molar-refractivity contribution >= 4 is 6.03 Å². The van der Waals surface area contributed by atoms with E-state index < -0.39 is 0 Å². The molecule has 1 aliphatic carbocycles. The predicted molar refractivity (Wildman–Crippen MR) is 81.7 cm³/mol. The van der Waals surface area contributed by atoms with Gasteiger partial charge in [-0.1, -0.05) is 0 Å². The van der Waals surface area contributed by atoms with E-state index in [-0.39, 0.29) is 24.2 Å². The molecule has 22 heavy (non-hydrogen) atoms. The lowest BCUT2D eigenvalue weighted by Gasteiger charge is -2.22. The van der Waals surface area contributed by atoms with Crippen LogP contribution < -0.4 is 15.4 Å². The van der Waals surface area contributed by atoms with Crippen LogP contribution >= 0.6 is 0 Å². The number of methoxy groups -OCH3 is 1. The lowest BCUT2D eigenvalue weighted by Crippen LogP contribution is -2.46. The zero-order chi connectivity index (χ0) is 15.5. The molecule has 0 bridgehead atoms. The maximum atomic E-state index is 12.1. The molecule has 1 aromatic rings. The SMILES string of the molecule is COc1ccc([C@H]2OCC[C@@H]2NC(=O)N[C@H](C)C2CC2)cn1. The third kappa shape index (κ3) is 3.50. The van der Waals surface area contributed by atoms with Gasteiger partial charge in [0, 0.05) is 30.5 Å². The minimum absolute atomic E-state index is 0.0263. The summed E-state index contributed by atoms with van der Waals surface area (Å²) in [6.07, 6.45) is 4.83. The van der Waals surface area contributed by atoms with Crippen molar-refractivity contribution in [2.45, 2.75) is 44.4 Å². The Kier molecular flexibility index (Phi) is 4.47. The van der Waals surface area contributed by atoms with E-state index in [2.05, 4.69) is 22.5 Å². The largest absolute Gasteiger partial charge is 0.481 e. The van der Waals surface area contributed by atoms with Crippen LogP contribution in [0, 0.1) is 5.92 Å². The van der Waals surface area contributed by atoms with Crippen LogP contribution in [0.2, 0.25) is 0 Å². The minimum atomic E-state index is -0.152. The molecule has 0 aromatic carbocycles. The van der Waals surface area contributed by atoms with Crippen molar-refractivity contribution in [1.29, 1.82) is 0 Å². The maximum Gasteiger partial charge on any atom is 0.315 e. The molecule has 0 spiro atoms. The van der Waals surface area contributed by atoms with Crippen LogP contribution in [0.15, 0.2) is 18.3 Å². The Morgan fingerprint density at radius 2 is 2.23 bits per heavy atom. The summed E-state index contributed by atoms with van der Waals surface area (Å²) in [6, 6.07) is 3.84. The summed E-state index contributed by atoms with van der Waals surface area (Å²) < 4.78 is 10.8. The lowest BCUT2D eigenvalue weighted by atomic mass is 10.0. The molecule has 0 radical (unpaired) electrons. The summed E-state index contributed by atoms with van der Waals surface area (Å²) >= 11 is 0. The van der Waals surface area contributed by atoms with Crippen LogP contribution in [0.4, 0.5) is 4.79 Å². The van der Waals surface area contributed by atoms with Crippen LogP contribution in [-0.4, -0.2) is 36.8 Å². The van der Waals surface area contributed by atoms with Crippen molar-refractivity contribution < 1.29 is 14.3 Å². The molecular weight excluding hydrogens is 282 g/mol. The van der Waals surface area contributed by atoms with E-state index >= 15 is 0 Å².